The van der Waals surface area contributed by atoms with Crippen molar-refractivity contribution in [2.24, 2.45) is 0 Å². The summed E-state index contributed by atoms with van der Waals surface area (Å²) in [5.74, 6) is 0.370. The zero-order chi connectivity index (χ0) is 12.4. The molecule has 17 heavy (non-hydrogen) atoms. The molecule has 1 aromatic carbocycles. The molecule has 0 aliphatic carbocycles. The van der Waals surface area contributed by atoms with E-state index in [0.717, 1.165) is 12.1 Å². The second-order valence-corrected chi connectivity index (χ2v) is 4.26. The first kappa shape index (κ1) is 11.9. The minimum absolute atomic E-state index is 0.0862. The van der Waals surface area contributed by atoms with Crippen LogP contribution in [0.2, 0.25) is 5.02 Å². The normalized spacial score (nSPS) is 10.5. The highest BCUT2D eigenvalue weighted by molar-refractivity contribution is 6.31. The highest BCUT2D eigenvalue weighted by Gasteiger charge is 2.16. The summed E-state index contributed by atoms with van der Waals surface area (Å²) in [4.78, 5) is 16.4. The Morgan fingerprint density at radius 2 is 2.24 bits per heavy atom. The summed E-state index contributed by atoms with van der Waals surface area (Å²) >= 11 is 5.92. The van der Waals surface area contributed by atoms with Gasteiger partial charge in [0.25, 0.3) is 0 Å². The van der Waals surface area contributed by atoms with Crippen LogP contribution in [0.4, 0.5) is 0 Å². The smallest absolute Gasteiger partial charge is 0.228 e. The van der Waals surface area contributed by atoms with Crippen molar-refractivity contribution in [3.8, 4) is 0 Å². The van der Waals surface area contributed by atoms with Gasteiger partial charge in [-0.3, -0.25) is 4.79 Å². The van der Waals surface area contributed by atoms with E-state index in [9.17, 15) is 4.79 Å². The summed E-state index contributed by atoms with van der Waals surface area (Å²) in [6.07, 6.45) is 3.43. The van der Waals surface area contributed by atoms with Gasteiger partial charge in [-0.25, -0.2) is 4.98 Å². The van der Waals surface area contributed by atoms with Gasteiger partial charge >= 0.3 is 0 Å². The van der Waals surface area contributed by atoms with Crippen LogP contribution in [-0.2, 0) is 6.54 Å². The van der Waals surface area contributed by atoms with Gasteiger partial charge in [-0.05, 0) is 31.5 Å². The fourth-order valence-corrected chi connectivity index (χ4v) is 1.90. The molecule has 0 saturated carbocycles. The van der Waals surface area contributed by atoms with E-state index in [-0.39, 0.29) is 5.78 Å². The third-order valence-corrected chi connectivity index (χ3v) is 2.94. The Morgan fingerprint density at radius 1 is 1.47 bits per heavy atom. The Balaban J connectivity index is 2.47. The predicted molar refractivity (Wildman–Crippen MR) is 67.5 cm³/mol. The lowest BCUT2D eigenvalue weighted by atomic mass is 10.0. The molecular weight excluding hydrogens is 236 g/mol. The number of hydrogen-bond acceptors (Lipinski definition) is 2. The fraction of sp³-hybridized carbons (Fsp3) is 0.231. The lowest BCUT2D eigenvalue weighted by molar-refractivity contribution is 0.102. The topological polar surface area (TPSA) is 34.9 Å². The summed E-state index contributed by atoms with van der Waals surface area (Å²) in [5.41, 5.74) is 1.52. The average Bonchev–Trinajstić information content (AvgIpc) is 2.79. The number of aromatic nitrogens is 2. The summed E-state index contributed by atoms with van der Waals surface area (Å²) in [6.45, 7) is 4.59. The maximum absolute atomic E-state index is 12.3. The van der Waals surface area contributed by atoms with Gasteiger partial charge in [0.1, 0.15) is 0 Å². The monoisotopic (exact) mass is 248 g/mol. The van der Waals surface area contributed by atoms with Crippen LogP contribution in [0.25, 0.3) is 0 Å². The van der Waals surface area contributed by atoms with Crippen molar-refractivity contribution in [3.05, 3.63) is 52.6 Å². The summed E-state index contributed by atoms with van der Waals surface area (Å²) in [7, 11) is 0. The number of rotatable bonds is 3. The molecule has 0 aliphatic heterocycles. The molecule has 0 N–H and O–H groups in total. The van der Waals surface area contributed by atoms with E-state index >= 15 is 0 Å². The van der Waals surface area contributed by atoms with Crippen LogP contribution in [0.3, 0.4) is 0 Å². The Bertz CT molecular complexity index is 560. The van der Waals surface area contributed by atoms with Gasteiger partial charge in [-0.2, -0.15) is 0 Å². The molecule has 0 spiro atoms. The number of imidazole rings is 1. The highest BCUT2D eigenvalue weighted by Crippen LogP contribution is 2.18. The molecule has 0 unspecified atom stereocenters. The number of halogens is 1. The Morgan fingerprint density at radius 3 is 2.94 bits per heavy atom. The molecule has 0 radical (unpaired) electrons. The molecule has 1 aromatic heterocycles. The quantitative estimate of drug-likeness (QED) is 0.783. The van der Waals surface area contributed by atoms with Crippen molar-refractivity contribution in [1.29, 1.82) is 0 Å². The fourth-order valence-electron chi connectivity index (χ4n) is 1.73. The first-order chi connectivity index (χ1) is 8.13. The highest BCUT2D eigenvalue weighted by atomic mass is 35.5. The molecule has 0 amide bonds. The van der Waals surface area contributed by atoms with Crippen molar-refractivity contribution < 1.29 is 4.79 Å². The van der Waals surface area contributed by atoms with Gasteiger partial charge in [0.15, 0.2) is 5.82 Å². The summed E-state index contributed by atoms with van der Waals surface area (Å²) in [6, 6.07) is 5.31. The van der Waals surface area contributed by atoms with Crippen molar-refractivity contribution in [1.82, 2.24) is 9.55 Å². The van der Waals surface area contributed by atoms with E-state index < -0.39 is 0 Å². The van der Waals surface area contributed by atoms with Crippen LogP contribution in [0, 0.1) is 6.92 Å². The van der Waals surface area contributed by atoms with Gasteiger partial charge in [0.05, 0.1) is 0 Å². The van der Waals surface area contributed by atoms with E-state index in [1.807, 2.05) is 24.5 Å². The molecule has 88 valence electrons. The summed E-state index contributed by atoms with van der Waals surface area (Å²) in [5, 5.41) is 0.563. The van der Waals surface area contributed by atoms with Gasteiger partial charge < -0.3 is 4.57 Å². The van der Waals surface area contributed by atoms with E-state index in [4.69, 9.17) is 11.6 Å². The molecule has 1 heterocycles. The number of benzene rings is 1. The number of carbonyl (C=O) groups is 1. The lowest BCUT2D eigenvalue weighted by Crippen LogP contribution is -2.11. The second-order valence-electron chi connectivity index (χ2n) is 3.83. The molecule has 3 nitrogen and oxygen atoms in total. The van der Waals surface area contributed by atoms with E-state index in [1.165, 1.54) is 0 Å². The maximum atomic E-state index is 12.3. The van der Waals surface area contributed by atoms with Crippen LogP contribution in [0.5, 0.6) is 0 Å². The van der Waals surface area contributed by atoms with E-state index in [1.54, 1.807) is 24.5 Å². The van der Waals surface area contributed by atoms with Crippen molar-refractivity contribution in [2.45, 2.75) is 20.4 Å². The molecule has 0 fully saturated rings. The minimum Gasteiger partial charge on any atom is -0.328 e. The van der Waals surface area contributed by atoms with E-state index in [0.29, 0.717) is 16.4 Å². The van der Waals surface area contributed by atoms with E-state index in [2.05, 4.69) is 4.98 Å². The Kier molecular flexibility index (Phi) is 3.29. The third kappa shape index (κ3) is 2.24. The predicted octanol–water partition coefficient (Wildman–Crippen LogP) is 3.10. The van der Waals surface area contributed by atoms with Crippen LogP contribution in [0.15, 0.2) is 30.6 Å². The lowest BCUT2D eigenvalue weighted by Gasteiger charge is -2.06. The molecule has 0 bridgehead atoms. The van der Waals surface area contributed by atoms with Crippen LogP contribution in [-0.4, -0.2) is 15.3 Å². The molecule has 0 aliphatic rings. The molecular formula is C13H13ClN2O. The minimum atomic E-state index is -0.0862. The zero-order valence-corrected chi connectivity index (χ0v) is 10.5. The molecule has 4 heteroatoms. The van der Waals surface area contributed by atoms with Crippen molar-refractivity contribution >= 4 is 17.4 Å². The van der Waals surface area contributed by atoms with Gasteiger partial charge in [0.2, 0.25) is 5.78 Å². The first-order valence-electron chi connectivity index (χ1n) is 5.45. The number of ketones is 1. The molecule has 2 rings (SSSR count). The number of aryl methyl sites for hydroxylation is 2. The maximum Gasteiger partial charge on any atom is 0.228 e. The molecule has 0 saturated heterocycles. The Labute approximate surface area is 105 Å². The number of hydrogen-bond donors (Lipinski definition) is 0. The Hall–Kier alpha value is -1.61. The van der Waals surface area contributed by atoms with Crippen LogP contribution in [0.1, 0.15) is 28.7 Å². The number of nitrogens with zero attached hydrogens (tertiary/aromatic N) is 2. The van der Waals surface area contributed by atoms with Crippen molar-refractivity contribution in [2.75, 3.05) is 0 Å². The zero-order valence-electron chi connectivity index (χ0n) is 9.77. The van der Waals surface area contributed by atoms with Gasteiger partial charge in [-0.1, -0.05) is 17.7 Å². The molecule has 2 aromatic rings. The van der Waals surface area contributed by atoms with Gasteiger partial charge in [-0.15, -0.1) is 0 Å². The molecule has 0 atom stereocenters. The van der Waals surface area contributed by atoms with Crippen molar-refractivity contribution in [3.63, 3.8) is 0 Å². The summed E-state index contributed by atoms with van der Waals surface area (Å²) < 4.78 is 1.82. The van der Waals surface area contributed by atoms with Crippen LogP contribution >= 0.6 is 11.6 Å². The number of carbonyl (C=O) groups excluding carboxylic acids is 1. The third-order valence-electron chi connectivity index (χ3n) is 2.70. The average molecular weight is 249 g/mol. The van der Waals surface area contributed by atoms with Crippen LogP contribution < -0.4 is 0 Å². The standard InChI is InChI=1S/C13H13ClN2O/c1-3-16-7-6-15-13(16)12(17)11-8-10(14)5-4-9(11)2/h4-8H,3H2,1-2H3. The first-order valence-corrected chi connectivity index (χ1v) is 5.83. The van der Waals surface area contributed by atoms with Gasteiger partial charge in [0, 0.05) is 29.5 Å². The SMILES string of the molecule is CCn1ccnc1C(=O)c1cc(Cl)ccc1C. The second kappa shape index (κ2) is 4.72. The largest absolute Gasteiger partial charge is 0.328 e.